The molecule has 2 aromatic rings. The zero-order valence-electron chi connectivity index (χ0n) is 14.4. The maximum Gasteiger partial charge on any atom is 0.207 e. The molecule has 4 heteroatoms. The first kappa shape index (κ1) is 18.5. The fourth-order valence-electron chi connectivity index (χ4n) is 2.48. The minimum Gasteiger partial charge on any atom is -0.488 e. The molecular weight excluding hydrogens is 366 g/mol. The molecule has 0 radical (unpaired) electrons. The van der Waals surface area contributed by atoms with Crippen molar-refractivity contribution < 1.29 is 9.53 Å². The SMILES string of the molecule is CC(C)C(C)(Cc1ccc(Br)c(OCc2ccccc2)c1)NC=O. The first-order valence-electron chi connectivity index (χ1n) is 8.11. The molecule has 128 valence electrons. The Bertz CT molecular complexity index is 673. The topological polar surface area (TPSA) is 38.3 Å². The van der Waals surface area contributed by atoms with Crippen molar-refractivity contribution in [1.29, 1.82) is 0 Å². The maximum atomic E-state index is 11.0. The Labute approximate surface area is 152 Å². The van der Waals surface area contributed by atoms with E-state index in [-0.39, 0.29) is 5.54 Å². The third kappa shape index (κ3) is 4.84. The molecule has 3 nitrogen and oxygen atoms in total. The molecule has 0 spiro atoms. The van der Waals surface area contributed by atoms with E-state index in [1.165, 1.54) is 0 Å². The highest BCUT2D eigenvalue weighted by Crippen LogP contribution is 2.30. The number of hydrogen-bond acceptors (Lipinski definition) is 2. The zero-order chi connectivity index (χ0) is 17.6. The average Bonchev–Trinajstić information content (AvgIpc) is 2.56. The van der Waals surface area contributed by atoms with Crippen LogP contribution in [0.4, 0.5) is 0 Å². The number of nitrogens with one attached hydrogen (secondary N) is 1. The predicted octanol–water partition coefficient (Wildman–Crippen LogP) is 4.73. The Hall–Kier alpha value is -1.81. The van der Waals surface area contributed by atoms with Gasteiger partial charge in [-0.3, -0.25) is 4.79 Å². The van der Waals surface area contributed by atoms with Crippen LogP contribution >= 0.6 is 15.9 Å². The summed E-state index contributed by atoms with van der Waals surface area (Å²) in [4.78, 5) is 11.0. The van der Waals surface area contributed by atoms with Crippen molar-refractivity contribution in [3.63, 3.8) is 0 Å². The van der Waals surface area contributed by atoms with Gasteiger partial charge in [0.05, 0.1) is 4.47 Å². The van der Waals surface area contributed by atoms with E-state index in [0.717, 1.165) is 34.2 Å². The molecule has 24 heavy (non-hydrogen) atoms. The van der Waals surface area contributed by atoms with Gasteiger partial charge in [-0.2, -0.15) is 0 Å². The van der Waals surface area contributed by atoms with Crippen molar-refractivity contribution >= 4 is 22.3 Å². The minimum absolute atomic E-state index is 0.285. The largest absolute Gasteiger partial charge is 0.488 e. The summed E-state index contributed by atoms with van der Waals surface area (Å²) in [5.41, 5.74) is 1.97. The molecule has 2 rings (SSSR count). The molecule has 1 N–H and O–H groups in total. The Kier molecular flexibility index (Phi) is 6.44. The molecule has 0 saturated heterocycles. The second-order valence-corrected chi connectivity index (χ2v) is 7.40. The summed E-state index contributed by atoms with van der Waals surface area (Å²) < 4.78 is 6.89. The second-order valence-electron chi connectivity index (χ2n) is 6.55. The van der Waals surface area contributed by atoms with Crippen molar-refractivity contribution in [3.05, 3.63) is 64.1 Å². The number of carbonyl (C=O) groups excluding carboxylic acids is 1. The van der Waals surface area contributed by atoms with E-state index in [9.17, 15) is 4.79 Å². The number of rotatable bonds is 8. The zero-order valence-corrected chi connectivity index (χ0v) is 16.0. The molecule has 1 unspecified atom stereocenters. The van der Waals surface area contributed by atoms with Crippen LogP contribution in [0.1, 0.15) is 31.9 Å². The monoisotopic (exact) mass is 389 g/mol. The smallest absolute Gasteiger partial charge is 0.207 e. The van der Waals surface area contributed by atoms with E-state index >= 15 is 0 Å². The Morgan fingerprint density at radius 2 is 1.88 bits per heavy atom. The van der Waals surface area contributed by atoms with E-state index in [1.807, 2.05) is 42.5 Å². The fourth-order valence-corrected chi connectivity index (χ4v) is 2.85. The van der Waals surface area contributed by atoms with E-state index in [0.29, 0.717) is 12.5 Å². The normalized spacial score (nSPS) is 13.4. The number of amides is 1. The molecule has 0 aromatic heterocycles. The van der Waals surface area contributed by atoms with E-state index in [4.69, 9.17) is 4.74 Å². The highest BCUT2D eigenvalue weighted by molar-refractivity contribution is 9.10. The summed E-state index contributed by atoms with van der Waals surface area (Å²) in [7, 11) is 0. The molecule has 0 bridgehead atoms. The first-order chi connectivity index (χ1) is 11.4. The molecule has 0 saturated carbocycles. The van der Waals surface area contributed by atoms with Gasteiger partial charge in [-0.15, -0.1) is 0 Å². The number of benzene rings is 2. The Morgan fingerprint density at radius 3 is 2.50 bits per heavy atom. The molecule has 2 aromatic carbocycles. The van der Waals surface area contributed by atoms with Crippen LogP contribution in [0.15, 0.2) is 53.0 Å². The van der Waals surface area contributed by atoms with Gasteiger partial charge in [0.15, 0.2) is 0 Å². The average molecular weight is 390 g/mol. The van der Waals surface area contributed by atoms with Crippen LogP contribution in [0.5, 0.6) is 5.75 Å². The molecule has 0 aliphatic carbocycles. The molecule has 0 aliphatic rings. The van der Waals surface area contributed by atoms with Crippen LogP contribution < -0.4 is 10.1 Å². The number of hydrogen-bond donors (Lipinski definition) is 1. The van der Waals surface area contributed by atoms with Gasteiger partial charge < -0.3 is 10.1 Å². The third-order valence-corrected chi connectivity index (χ3v) is 5.12. The minimum atomic E-state index is -0.285. The van der Waals surface area contributed by atoms with Gasteiger partial charge in [0.2, 0.25) is 6.41 Å². The molecular formula is C20H24BrNO2. The fraction of sp³-hybridized carbons (Fsp3) is 0.350. The van der Waals surface area contributed by atoms with Crippen molar-refractivity contribution in [2.75, 3.05) is 0 Å². The van der Waals surface area contributed by atoms with Crippen molar-refractivity contribution in [3.8, 4) is 5.75 Å². The van der Waals surface area contributed by atoms with E-state index in [1.54, 1.807) is 0 Å². The lowest BCUT2D eigenvalue weighted by atomic mass is 9.83. The van der Waals surface area contributed by atoms with Gasteiger partial charge in [0.25, 0.3) is 0 Å². The van der Waals surface area contributed by atoms with Gasteiger partial charge in [-0.25, -0.2) is 0 Å². The van der Waals surface area contributed by atoms with Crippen molar-refractivity contribution in [2.24, 2.45) is 5.92 Å². The van der Waals surface area contributed by atoms with Crippen molar-refractivity contribution in [2.45, 2.75) is 39.3 Å². The lowest BCUT2D eigenvalue weighted by molar-refractivity contribution is -0.111. The summed E-state index contributed by atoms with van der Waals surface area (Å²) in [5.74, 6) is 1.13. The van der Waals surface area contributed by atoms with Gasteiger partial charge in [-0.05, 0) is 58.5 Å². The lowest BCUT2D eigenvalue weighted by Crippen LogP contribution is -2.48. The number of ether oxygens (including phenoxy) is 1. The van der Waals surface area contributed by atoms with Crippen LogP contribution in [0, 0.1) is 5.92 Å². The highest BCUT2D eigenvalue weighted by atomic mass is 79.9. The van der Waals surface area contributed by atoms with E-state index in [2.05, 4.69) is 48.1 Å². The molecule has 1 atom stereocenters. The molecule has 0 heterocycles. The van der Waals surface area contributed by atoms with Crippen LogP contribution in [0.2, 0.25) is 0 Å². The van der Waals surface area contributed by atoms with Crippen LogP contribution in [-0.4, -0.2) is 11.9 Å². The second kappa shape index (κ2) is 8.34. The Morgan fingerprint density at radius 1 is 1.17 bits per heavy atom. The highest BCUT2D eigenvalue weighted by Gasteiger charge is 2.28. The van der Waals surface area contributed by atoms with Gasteiger partial charge in [-0.1, -0.05) is 50.2 Å². The predicted molar refractivity (Wildman–Crippen MR) is 101 cm³/mol. The summed E-state index contributed by atoms with van der Waals surface area (Å²) in [6, 6.07) is 16.2. The summed E-state index contributed by atoms with van der Waals surface area (Å²) >= 11 is 3.55. The van der Waals surface area contributed by atoms with Gasteiger partial charge >= 0.3 is 0 Å². The van der Waals surface area contributed by atoms with Crippen LogP contribution in [-0.2, 0) is 17.8 Å². The van der Waals surface area contributed by atoms with E-state index < -0.39 is 0 Å². The quantitative estimate of drug-likeness (QED) is 0.662. The van der Waals surface area contributed by atoms with Crippen LogP contribution in [0.25, 0.3) is 0 Å². The van der Waals surface area contributed by atoms with Crippen LogP contribution in [0.3, 0.4) is 0 Å². The number of halogens is 1. The Balaban J connectivity index is 2.14. The van der Waals surface area contributed by atoms with Crippen molar-refractivity contribution in [1.82, 2.24) is 5.32 Å². The molecule has 1 amide bonds. The first-order valence-corrected chi connectivity index (χ1v) is 8.90. The third-order valence-electron chi connectivity index (χ3n) is 4.47. The summed E-state index contributed by atoms with van der Waals surface area (Å²) in [6.45, 7) is 6.82. The summed E-state index contributed by atoms with van der Waals surface area (Å²) in [6.07, 6.45) is 1.53. The molecule has 0 fully saturated rings. The lowest BCUT2D eigenvalue weighted by Gasteiger charge is -2.33. The summed E-state index contributed by atoms with van der Waals surface area (Å²) in [5, 5.41) is 2.97. The van der Waals surface area contributed by atoms with Gasteiger partial charge in [0.1, 0.15) is 12.4 Å². The van der Waals surface area contributed by atoms with Gasteiger partial charge in [0, 0.05) is 5.54 Å². The number of carbonyl (C=O) groups is 1. The maximum absolute atomic E-state index is 11.0. The standard InChI is InChI=1S/C20H24BrNO2/c1-15(2)20(3,22-14-23)12-17-9-10-18(21)19(11-17)24-13-16-7-5-4-6-8-16/h4-11,14-15H,12-13H2,1-3H3,(H,22,23). The molecule has 0 aliphatic heterocycles.